The highest BCUT2D eigenvalue weighted by molar-refractivity contribution is 5.97. The van der Waals surface area contributed by atoms with Gasteiger partial charge in [-0.1, -0.05) is 36.8 Å². The highest BCUT2D eigenvalue weighted by Gasteiger charge is 2.17. The second-order valence-corrected chi connectivity index (χ2v) is 5.53. The Kier molecular flexibility index (Phi) is 4.00. The zero-order chi connectivity index (χ0) is 15.5. The van der Waals surface area contributed by atoms with Crippen LogP contribution in [0.4, 0.5) is 0 Å². The average molecular weight is 296 g/mol. The molecule has 0 aliphatic carbocycles. The minimum absolute atomic E-state index is 0.0552. The normalized spacial score (nSPS) is 11.0. The number of hydrogen-bond donors (Lipinski definition) is 1. The van der Waals surface area contributed by atoms with Crippen molar-refractivity contribution < 1.29 is 9.21 Å². The average Bonchev–Trinajstić information content (AvgIpc) is 3.09. The molecule has 0 atom stereocenters. The van der Waals surface area contributed by atoms with E-state index in [0.29, 0.717) is 18.8 Å². The van der Waals surface area contributed by atoms with E-state index < -0.39 is 0 Å². The van der Waals surface area contributed by atoms with Gasteiger partial charge in [0, 0.05) is 25.2 Å². The maximum absolute atomic E-state index is 12.4. The molecule has 0 aliphatic rings. The van der Waals surface area contributed by atoms with Crippen LogP contribution >= 0.6 is 0 Å². The van der Waals surface area contributed by atoms with Gasteiger partial charge in [0.1, 0.15) is 5.69 Å². The van der Waals surface area contributed by atoms with Crippen molar-refractivity contribution in [2.75, 3.05) is 6.54 Å². The first-order chi connectivity index (χ1) is 10.7. The second-order valence-electron chi connectivity index (χ2n) is 5.53. The molecule has 0 unspecified atom stereocenters. The van der Waals surface area contributed by atoms with Gasteiger partial charge in [0.2, 0.25) is 0 Å². The summed E-state index contributed by atoms with van der Waals surface area (Å²) in [4.78, 5) is 12.4. The fourth-order valence-electron chi connectivity index (χ4n) is 2.54. The number of nitrogens with one attached hydrogen (secondary N) is 1. The molecule has 1 N–H and O–H groups in total. The molecule has 1 aromatic carbocycles. The zero-order valence-corrected chi connectivity index (χ0v) is 12.9. The van der Waals surface area contributed by atoms with Crippen LogP contribution in [0.15, 0.2) is 47.1 Å². The Bertz CT molecular complexity index is 781. The molecule has 0 radical (unpaired) electrons. The van der Waals surface area contributed by atoms with Crippen molar-refractivity contribution in [2.45, 2.75) is 26.8 Å². The molecule has 0 bridgehead atoms. The molecular formula is C18H20N2O2. The van der Waals surface area contributed by atoms with Gasteiger partial charge in [-0.15, -0.1) is 0 Å². The van der Waals surface area contributed by atoms with Crippen molar-refractivity contribution in [3.8, 4) is 0 Å². The van der Waals surface area contributed by atoms with Crippen LogP contribution in [-0.2, 0) is 6.54 Å². The lowest BCUT2D eigenvalue weighted by molar-refractivity contribution is 0.0945. The third-order valence-electron chi connectivity index (χ3n) is 3.75. The summed E-state index contributed by atoms with van der Waals surface area (Å²) in [7, 11) is 0. The largest absolute Gasteiger partial charge is 0.463 e. The van der Waals surface area contributed by atoms with Gasteiger partial charge in [0.25, 0.3) is 5.91 Å². The van der Waals surface area contributed by atoms with Gasteiger partial charge in [-0.05, 0) is 18.9 Å². The number of furan rings is 1. The first kappa shape index (κ1) is 14.4. The maximum atomic E-state index is 12.4. The van der Waals surface area contributed by atoms with Crippen LogP contribution < -0.4 is 5.32 Å². The van der Waals surface area contributed by atoms with E-state index in [9.17, 15) is 4.79 Å². The standard InChI is InChI=1S/C18H20N2O2/c1-3-9-19-18(21)16-11-17-15(8-10-22-17)20(16)12-14-6-4-13(2)5-7-14/h4-8,10-11H,3,9,12H2,1-2H3,(H,19,21). The van der Waals surface area contributed by atoms with E-state index in [1.54, 1.807) is 6.26 Å². The summed E-state index contributed by atoms with van der Waals surface area (Å²) in [5, 5.41) is 2.93. The highest BCUT2D eigenvalue weighted by Crippen LogP contribution is 2.22. The summed E-state index contributed by atoms with van der Waals surface area (Å²) >= 11 is 0. The lowest BCUT2D eigenvalue weighted by atomic mass is 10.1. The highest BCUT2D eigenvalue weighted by atomic mass is 16.3. The Labute approximate surface area is 129 Å². The van der Waals surface area contributed by atoms with Crippen LogP contribution in [0.3, 0.4) is 0 Å². The van der Waals surface area contributed by atoms with Crippen molar-refractivity contribution in [3.63, 3.8) is 0 Å². The van der Waals surface area contributed by atoms with Crippen LogP contribution in [0.2, 0.25) is 0 Å². The van der Waals surface area contributed by atoms with Crippen molar-refractivity contribution in [1.29, 1.82) is 0 Å². The number of benzene rings is 1. The van der Waals surface area contributed by atoms with E-state index in [2.05, 4.69) is 36.5 Å². The predicted molar refractivity (Wildman–Crippen MR) is 87.1 cm³/mol. The zero-order valence-electron chi connectivity index (χ0n) is 12.9. The van der Waals surface area contributed by atoms with E-state index in [4.69, 9.17) is 4.42 Å². The van der Waals surface area contributed by atoms with Gasteiger partial charge in [0.05, 0.1) is 11.8 Å². The molecule has 0 fully saturated rings. The van der Waals surface area contributed by atoms with Gasteiger partial charge < -0.3 is 14.3 Å². The molecule has 0 saturated heterocycles. The maximum Gasteiger partial charge on any atom is 0.268 e. The molecule has 22 heavy (non-hydrogen) atoms. The molecule has 114 valence electrons. The lowest BCUT2D eigenvalue weighted by Crippen LogP contribution is -2.26. The Morgan fingerprint density at radius 1 is 1.23 bits per heavy atom. The van der Waals surface area contributed by atoms with Crippen molar-refractivity contribution in [1.82, 2.24) is 9.88 Å². The van der Waals surface area contributed by atoms with Crippen LogP contribution in [0, 0.1) is 6.92 Å². The number of fused-ring (bicyclic) bond motifs is 1. The van der Waals surface area contributed by atoms with Gasteiger partial charge >= 0.3 is 0 Å². The molecule has 4 nitrogen and oxygen atoms in total. The number of carbonyl (C=O) groups is 1. The molecule has 3 rings (SSSR count). The Morgan fingerprint density at radius 2 is 2.00 bits per heavy atom. The molecule has 3 aromatic rings. The van der Waals surface area contributed by atoms with Gasteiger partial charge in [-0.3, -0.25) is 4.79 Å². The summed E-state index contributed by atoms with van der Waals surface area (Å²) in [6.07, 6.45) is 2.57. The Hall–Kier alpha value is -2.49. The summed E-state index contributed by atoms with van der Waals surface area (Å²) in [6.45, 7) is 5.43. The smallest absolute Gasteiger partial charge is 0.268 e. The molecule has 0 aliphatic heterocycles. The van der Waals surface area contributed by atoms with E-state index in [1.165, 1.54) is 5.56 Å². The predicted octanol–water partition coefficient (Wildman–Crippen LogP) is 3.73. The van der Waals surface area contributed by atoms with Crippen molar-refractivity contribution >= 4 is 17.0 Å². The summed E-state index contributed by atoms with van der Waals surface area (Å²) in [6, 6.07) is 12.1. The summed E-state index contributed by atoms with van der Waals surface area (Å²) < 4.78 is 7.46. The Morgan fingerprint density at radius 3 is 2.73 bits per heavy atom. The number of carbonyl (C=O) groups excluding carboxylic acids is 1. The van der Waals surface area contributed by atoms with E-state index >= 15 is 0 Å². The topological polar surface area (TPSA) is 47.2 Å². The minimum Gasteiger partial charge on any atom is -0.463 e. The second kappa shape index (κ2) is 6.10. The fourth-order valence-corrected chi connectivity index (χ4v) is 2.54. The SMILES string of the molecule is CCCNC(=O)c1cc2occc2n1Cc1ccc(C)cc1. The Balaban J connectivity index is 1.96. The van der Waals surface area contributed by atoms with Crippen LogP contribution in [-0.4, -0.2) is 17.0 Å². The monoisotopic (exact) mass is 296 g/mol. The molecule has 0 spiro atoms. The van der Waals surface area contributed by atoms with Crippen LogP contribution in [0.25, 0.3) is 11.1 Å². The molecule has 4 heteroatoms. The van der Waals surface area contributed by atoms with Gasteiger partial charge in [-0.2, -0.15) is 0 Å². The molecule has 1 amide bonds. The number of rotatable bonds is 5. The van der Waals surface area contributed by atoms with E-state index in [1.807, 2.05) is 23.6 Å². The number of aryl methyl sites for hydroxylation is 1. The number of aromatic nitrogens is 1. The number of nitrogens with zero attached hydrogens (tertiary/aromatic N) is 1. The quantitative estimate of drug-likeness (QED) is 0.780. The molecule has 0 saturated carbocycles. The fraction of sp³-hybridized carbons (Fsp3) is 0.278. The van der Waals surface area contributed by atoms with Crippen LogP contribution in [0.1, 0.15) is 35.0 Å². The minimum atomic E-state index is -0.0552. The molecule has 2 heterocycles. The lowest BCUT2D eigenvalue weighted by Gasteiger charge is -2.10. The van der Waals surface area contributed by atoms with Crippen molar-refractivity contribution in [2.24, 2.45) is 0 Å². The summed E-state index contributed by atoms with van der Waals surface area (Å²) in [5.74, 6) is -0.0552. The third-order valence-corrected chi connectivity index (χ3v) is 3.75. The first-order valence-electron chi connectivity index (χ1n) is 7.59. The van der Waals surface area contributed by atoms with E-state index in [0.717, 1.165) is 23.1 Å². The van der Waals surface area contributed by atoms with Crippen molar-refractivity contribution in [3.05, 3.63) is 59.5 Å². The first-order valence-corrected chi connectivity index (χ1v) is 7.59. The van der Waals surface area contributed by atoms with Gasteiger partial charge in [0.15, 0.2) is 5.58 Å². The number of amides is 1. The van der Waals surface area contributed by atoms with Gasteiger partial charge in [-0.25, -0.2) is 0 Å². The summed E-state index contributed by atoms with van der Waals surface area (Å²) in [5.41, 5.74) is 4.72. The van der Waals surface area contributed by atoms with E-state index in [-0.39, 0.29) is 5.91 Å². The van der Waals surface area contributed by atoms with Crippen LogP contribution in [0.5, 0.6) is 0 Å². The molecular weight excluding hydrogens is 276 g/mol. The number of hydrogen-bond acceptors (Lipinski definition) is 2. The third kappa shape index (κ3) is 2.77. The molecule has 2 aromatic heterocycles.